The van der Waals surface area contributed by atoms with Crippen LogP contribution < -0.4 is 5.11 Å². The second-order valence-electron chi connectivity index (χ2n) is 16.3. The molecule has 0 aromatic carbocycles. The highest BCUT2D eigenvalue weighted by atomic mass is 16.6. The minimum Gasteiger partial charge on any atom is -0.544 e. The minimum atomic E-state index is -1.13. The predicted molar refractivity (Wildman–Crippen MR) is 227 cm³/mol. The third-order valence-electron chi connectivity index (χ3n) is 10.0. The lowest BCUT2D eigenvalue weighted by atomic mass is 10.1. The number of carboxylic acid groups (broad SMARTS) is 1. The Morgan fingerprint density at radius 3 is 1.44 bits per heavy atom. The fraction of sp³-hybridized carbons (Fsp3) is 0.809. The maximum absolute atomic E-state index is 12.7. The van der Waals surface area contributed by atoms with Gasteiger partial charge in [0, 0.05) is 19.3 Å². The van der Waals surface area contributed by atoms with Crippen LogP contribution in [0.3, 0.4) is 0 Å². The van der Waals surface area contributed by atoms with Gasteiger partial charge in [-0.2, -0.15) is 0 Å². The Kier molecular flexibility index (Phi) is 36.7. The van der Waals surface area contributed by atoms with Gasteiger partial charge in [-0.3, -0.25) is 9.59 Å². The predicted octanol–water partition coefficient (Wildman–Crippen LogP) is 10.9. The van der Waals surface area contributed by atoms with Gasteiger partial charge in [-0.05, 0) is 64.2 Å². The van der Waals surface area contributed by atoms with Gasteiger partial charge in [0.1, 0.15) is 12.6 Å². The van der Waals surface area contributed by atoms with Crippen LogP contribution in [-0.2, 0) is 28.6 Å². The second-order valence-corrected chi connectivity index (χ2v) is 16.3. The normalized spacial score (nSPS) is 13.3. The number of carboxylic acids is 1. The highest BCUT2D eigenvalue weighted by molar-refractivity contribution is 5.70. The SMILES string of the molecule is CCCCCCCC/C=C/CCCCCC(=O)OCC(COCCC(C(=O)[O-])[N+](C)(C)C)OC(=O)CCCCCCC/C=C/C=C/CCCCCCCCC. The Bertz CT molecular complexity index is 1000. The van der Waals surface area contributed by atoms with E-state index in [1.54, 1.807) is 21.1 Å². The number of carbonyl (C=O) groups is 3. The van der Waals surface area contributed by atoms with Crippen molar-refractivity contribution in [3.8, 4) is 0 Å². The molecule has 0 fully saturated rings. The van der Waals surface area contributed by atoms with Crippen molar-refractivity contribution in [2.24, 2.45) is 0 Å². The molecule has 0 spiro atoms. The lowest BCUT2D eigenvalue weighted by Crippen LogP contribution is -2.55. The molecule has 0 aliphatic rings. The molecule has 0 heterocycles. The van der Waals surface area contributed by atoms with Crippen molar-refractivity contribution in [1.29, 1.82) is 0 Å². The number of allylic oxidation sites excluding steroid dienone is 6. The number of hydrogen-bond acceptors (Lipinski definition) is 7. The molecular formula is C47H85NO7. The first-order chi connectivity index (χ1) is 26.6. The van der Waals surface area contributed by atoms with Crippen LogP contribution >= 0.6 is 0 Å². The van der Waals surface area contributed by atoms with Crippen molar-refractivity contribution in [3.05, 3.63) is 36.5 Å². The Labute approximate surface area is 338 Å². The summed E-state index contributed by atoms with van der Waals surface area (Å²) in [5.74, 6) is -1.77. The third kappa shape index (κ3) is 36.9. The smallest absolute Gasteiger partial charge is 0.306 e. The molecule has 0 aliphatic heterocycles. The third-order valence-corrected chi connectivity index (χ3v) is 10.0. The van der Waals surface area contributed by atoms with Crippen LogP contribution in [0.2, 0.25) is 0 Å². The summed E-state index contributed by atoms with van der Waals surface area (Å²) in [7, 11) is 5.40. The van der Waals surface area contributed by atoms with E-state index in [0.29, 0.717) is 12.8 Å². The van der Waals surface area contributed by atoms with Gasteiger partial charge in [0.2, 0.25) is 0 Å². The van der Waals surface area contributed by atoms with E-state index in [0.717, 1.165) is 70.6 Å². The van der Waals surface area contributed by atoms with E-state index in [2.05, 4.69) is 50.3 Å². The molecule has 0 radical (unpaired) electrons. The van der Waals surface area contributed by atoms with Crippen molar-refractivity contribution < 1.29 is 38.2 Å². The van der Waals surface area contributed by atoms with Gasteiger partial charge < -0.3 is 28.6 Å². The van der Waals surface area contributed by atoms with Crippen molar-refractivity contribution in [2.45, 2.75) is 206 Å². The molecule has 8 heteroatoms. The van der Waals surface area contributed by atoms with E-state index in [1.165, 1.54) is 89.9 Å². The molecule has 55 heavy (non-hydrogen) atoms. The largest absolute Gasteiger partial charge is 0.544 e. The summed E-state index contributed by atoms with van der Waals surface area (Å²) in [5, 5.41) is 11.6. The van der Waals surface area contributed by atoms with Crippen LogP contribution in [0.15, 0.2) is 36.5 Å². The van der Waals surface area contributed by atoms with Gasteiger partial charge in [-0.1, -0.05) is 147 Å². The summed E-state index contributed by atoms with van der Waals surface area (Å²) in [5.41, 5.74) is 0. The number of aliphatic carboxylic acids is 1. The fourth-order valence-corrected chi connectivity index (χ4v) is 6.47. The van der Waals surface area contributed by atoms with Crippen molar-refractivity contribution in [1.82, 2.24) is 0 Å². The Balaban J connectivity index is 4.38. The van der Waals surface area contributed by atoms with Crippen molar-refractivity contribution in [2.75, 3.05) is 41.0 Å². The number of ether oxygens (including phenoxy) is 3. The average Bonchev–Trinajstić information content (AvgIpc) is 3.14. The Morgan fingerprint density at radius 2 is 0.964 bits per heavy atom. The van der Waals surface area contributed by atoms with Crippen LogP contribution in [0.5, 0.6) is 0 Å². The summed E-state index contributed by atoms with van der Waals surface area (Å²) in [6, 6.07) is -0.730. The van der Waals surface area contributed by atoms with Gasteiger partial charge in [-0.25, -0.2) is 0 Å². The topological polar surface area (TPSA) is 102 Å². The molecule has 0 rings (SSSR count). The fourth-order valence-electron chi connectivity index (χ4n) is 6.47. The molecule has 0 N–H and O–H groups in total. The summed E-state index contributed by atoms with van der Waals surface area (Å²) < 4.78 is 17.1. The second kappa shape index (κ2) is 38.4. The molecule has 0 aliphatic carbocycles. The van der Waals surface area contributed by atoms with Crippen LogP contribution in [0, 0.1) is 0 Å². The van der Waals surface area contributed by atoms with Crippen molar-refractivity contribution in [3.63, 3.8) is 0 Å². The van der Waals surface area contributed by atoms with Crippen LogP contribution in [0.4, 0.5) is 0 Å². The number of nitrogens with zero attached hydrogens (tertiary/aromatic N) is 1. The number of unbranched alkanes of at least 4 members (excludes halogenated alkanes) is 21. The minimum absolute atomic E-state index is 0.0306. The Morgan fingerprint density at radius 1 is 0.545 bits per heavy atom. The standard InChI is InChI=1S/C47H85NO7/c1-6-8-10-12-14-16-18-20-21-22-23-24-26-28-30-32-34-36-38-46(50)55-43(41-53-40-39-44(47(51)52)48(3,4)5)42-54-45(49)37-35-33-31-29-27-25-19-17-15-13-11-9-7-2/h21-25,27,43-44H,6-20,26,28-42H2,1-5H3/b22-21+,24-23+,27-25+. The zero-order chi connectivity index (χ0) is 40.7. The van der Waals surface area contributed by atoms with Gasteiger partial charge in [-0.15, -0.1) is 0 Å². The monoisotopic (exact) mass is 776 g/mol. The van der Waals surface area contributed by atoms with Gasteiger partial charge in [0.15, 0.2) is 6.10 Å². The molecule has 0 aromatic rings. The maximum Gasteiger partial charge on any atom is 0.306 e. The highest BCUT2D eigenvalue weighted by Crippen LogP contribution is 2.13. The quantitative estimate of drug-likeness (QED) is 0.0201. The van der Waals surface area contributed by atoms with Gasteiger partial charge >= 0.3 is 11.9 Å². The van der Waals surface area contributed by atoms with E-state index in [-0.39, 0.29) is 42.7 Å². The van der Waals surface area contributed by atoms with Crippen LogP contribution in [0.25, 0.3) is 0 Å². The summed E-state index contributed by atoms with van der Waals surface area (Å²) in [4.78, 5) is 36.8. The average molecular weight is 776 g/mol. The zero-order valence-electron chi connectivity index (χ0n) is 36.3. The molecule has 2 atom stereocenters. The first kappa shape index (κ1) is 52.6. The van der Waals surface area contributed by atoms with E-state index in [1.807, 2.05) is 0 Å². The molecular weight excluding hydrogens is 691 g/mol. The van der Waals surface area contributed by atoms with Gasteiger partial charge in [0.25, 0.3) is 0 Å². The molecule has 0 bridgehead atoms. The number of carbonyl (C=O) groups excluding carboxylic acids is 3. The first-order valence-electron chi connectivity index (χ1n) is 22.5. The molecule has 0 saturated heterocycles. The number of quaternary nitrogens is 1. The molecule has 0 aromatic heterocycles. The van der Waals surface area contributed by atoms with Crippen LogP contribution in [-0.4, -0.2) is 75.5 Å². The Hall–Kier alpha value is -2.45. The molecule has 0 amide bonds. The zero-order valence-corrected chi connectivity index (χ0v) is 36.3. The molecule has 8 nitrogen and oxygen atoms in total. The molecule has 2 unspecified atom stereocenters. The number of hydrogen-bond donors (Lipinski definition) is 0. The summed E-state index contributed by atoms with van der Waals surface area (Å²) in [6.45, 7) is 4.62. The number of rotatable bonds is 40. The van der Waals surface area contributed by atoms with Crippen molar-refractivity contribution >= 4 is 17.9 Å². The van der Waals surface area contributed by atoms with Crippen LogP contribution in [0.1, 0.15) is 194 Å². The lowest BCUT2D eigenvalue weighted by molar-refractivity contribution is -0.889. The number of likely N-dealkylation sites (N-methyl/N-ethyl adjacent to an activating group) is 1. The maximum atomic E-state index is 12.7. The summed E-state index contributed by atoms with van der Waals surface area (Å²) >= 11 is 0. The summed E-state index contributed by atoms with van der Waals surface area (Å²) in [6.07, 6.45) is 43.1. The molecule has 0 saturated carbocycles. The lowest BCUT2D eigenvalue weighted by Gasteiger charge is -2.34. The van der Waals surface area contributed by atoms with E-state index in [9.17, 15) is 19.5 Å². The van der Waals surface area contributed by atoms with Gasteiger partial charge in [0.05, 0.1) is 40.3 Å². The number of esters is 2. The molecule has 320 valence electrons. The highest BCUT2D eigenvalue weighted by Gasteiger charge is 2.25. The van der Waals surface area contributed by atoms with E-state index >= 15 is 0 Å². The van der Waals surface area contributed by atoms with E-state index in [4.69, 9.17) is 14.2 Å². The first-order valence-corrected chi connectivity index (χ1v) is 22.5. The van der Waals surface area contributed by atoms with E-state index < -0.39 is 18.1 Å².